The molecule has 0 fully saturated rings. The Bertz CT molecular complexity index is 273. The van der Waals surface area contributed by atoms with Gasteiger partial charge in [-0.2, -0.15) is 0 Å². The SMILES string of the molecule is COc1cnc(Cl)c(C(C)C)c1. The Morgan fingerprint density at radius 1 is 1.50 bits per heavy atom. The smallest absolute Gasteiger partial charge is 0.137 e. The maximum absolute atomic E-state index is 5.88. The number of aromatic nitrogens is 1. The fourth-order valence-corrected chi connectivity index (χ4v) is 1.28. The Hall–Kier alpha value is -0.760. The molecule has 0 saturated heterocycles. The molecule has 1 heterocycles. The third-order valence-electron chi connectivity index (χ3n) is 1.70. The summed E-state index contributed by atoms with van der Waals surface area (Å²) in [4.78, 5) is 4.01. The lowest BCUT2D eigenvalue weighted by atomic mass is 10.1. The van der Waals surface area contributed by atoms with Crippen LogP contribution >= 0.6 is 11.6 Å². The van der Waals surface area contributed by atoms with Crippen molar-refractivity contribution >= 4 is 11.6 Å². The Kier molecular flexibility index (Phi) is 2.93. The van der Waals surface area contributed by atoms with Gasteiger partial charge in [0.15, 0.2) is 0 Å². The monoisotopic (exact) mass is 185 g/mol. The van der Waals surface area contributed by atoms with Crippen molar-refractivity contribution in [1.82, 2.24) is 4.98 Å². The average molecular weight is 186 g/mol. The van der Waals surface area contributed by atoms with Crippen LogP contribution in [0.3, 0.4) is 0 Å². The summed E-state index contributed by atoms with van der Waals surface area (Å²) in [5.74, 6) is 1.13. The molecule has 0 unspecified atom stereocenters. The van der Waals surface area contributed by atoms with Crippen molar-refractivity contribution in [3.05, 3.63) is 23.0 Å². The van der Waals surface area contributed by atoms with E-state index >= 15 is 0 Å². The summed E-state index contributed by atoms with van der Waals surface area (Å²) in [6.07, 6.45) is 1.62. The van der Waals surface area contributed by atoms with E-state index in [9.17, 15) is 0 Å². The van der Waals surface area contributed by atoms with Crippen LogP contribution in [0.2, 0.25) is 5.15 Å². The van der Waals surface area contributed by atoms with Gasteiger partial charge in [-0.25, -0.2) is 4.98 Å². The number of methoxy groups -OCH3 is 1. The summed E-state index contributed by atoms with van der Waals surface area (Å²) < 4.78 is 5.04. The number of nitrogens with zero attached hydrogens (tertiary/aromatic N) is 1. The standard InChI is InChI=1S/C9H12ClNO/c1-6(2)8-4-7(12-3)5-11-9(8)10/h4-6H,1-3H3. The van der Waals surface area contributed by atoms with E-state index in [0.29, 0.717) is 11.1 Å². The molecule has 0 saturated carbocycles. The molecule has 0 radical (unpaired) electrons. The molecule has 1 rings (SSSR count). The minimum atomic E-state index is 0.375. The minimum Gasteiger partial charge on any atom is -0.495 e. The zero-order valence-electron chi connectivity index (χ0n) is 7.47. The van der Waals surface area contributed by atoms with Crippen LogP contribution in [0.1, 0.15) is 25.3 Å². The summed E-state index contributed by atoms with van der Waals surface area (Å²) >= 11 is 5.88. The van der Waals surface area contributed by atoms with Crippen molar-refractivity contribution in [2.45, 2.75) is 19.8 Å². The molecule has 12 heavy (non-hydrogen) atoms. The Balaban J connectivity index is 3.08. The Morgan fingerprint density at radius 3 is 2.67 bits per heavy atom. The number of hydrogen-bond donors (Lipinski definition) is 0. The normalized spacial score (nSPS) is 10.4. The molecule has 0 N–H and O–H groups in total. The van der Waals surface area contributed by atoms with Crippen molar-refractivity contribution in [2.75, 3.05) is 7.11 Å². The molecule has 0 aliphatic carbocycles. The van der Waals surface area contributed by atoms with Gasteiger partial charge in [0.25, 0.3) is 0 Å². The predicted octanol–water partition coefficient (Wildman–Crippen LogP) is 2.87. The highest BCUT2D eigenvalue weighted by molar-refractivity contribution is 6.30. The molecule has 3 heteroatoms. The zero-order valence-corrected chi connectivity index (χ0v) is 8.22. The molecular weight excluding hydrogens is 174 g/mol. The molecule has 0 spiro atoms. The second kappa shape index (κ2) is 3.76. The van der Waals surface area contributed by atoms with Gasteiger partial charge in [0.05, 0.1) is 13.3 Å². The largest absolute Gasteiger partial charge is 0.495 e. The van der Waals surface area contributed by atoms with Gasteiger partial charge in [0, 0.05) is 0 Å². The topological polar surface area (TPSA) is 22.1 Å². The van der Waals surface area contributed by atoms with Crippen LogP contribution in [-0.4, -0.2) is 12.1 Å². The van der Waals surface area contributed by atoms with Gasteiger partial charge >= 0.3 is 0 Å². The molecule has 0 aromatic carbocycles. The summed E-state index contributed by atoms with van der Waals surface area (Å²) in [6, 6.07) is 1.92. The number of hydrogen-bond acceptors (Lipinski definition) is 2. The van der Waals surface area contributed by atoms with E-state index < -0.39 is 0 Å². The fraction of sp³-hybridized carbons (Fsp3) is 0.444. The van der Waals surface area contributed by atoms with Gasteiger partial charge in [-0.1, -0.05) is 25.4 Å². The van der Waals surface area contributed by atoms with Crippen LogP contribution in [0.5, 0.6) is 5.75 Å². The van der Waals surface area contributed by atoms with Gasteiger partial charge in [-0.05, 0) is 17.5 Å². The summed E-state index contributed by atoms with van der Waals surface area (Å²) in [6.45, 7) is 4.14. The first kappa shape index (κ1) is 9.33. The maximum Gasteiger partial charge on any atom is 0.137 e. The van der Waals surface area contributed by atoms with Crippen LogP contribution < -0.4 is 4.74 Å². The molecule has 0 aliphatic heterocycles. The van der Waals surface area contributed by atoms with Gasteiger partial charge in [-0.3, -0.25) is 0 Å². The van der Waals surface area contributed by atoms with E-state index in [1.807, 2.05) is 6.07 Å². The van der Waals surface area contributed by atoms with Crippen molar-refractivity contribution in [1.29, 1.82) is 0 Å². The van der Waals surface area contributed by atoms with Gasteiger partial charge in [-0.15, -0.1) is 0 Å². The number of halogens is 1. The quantitative estimate of drug-likeness (QED) is 0.661. The van der Waals surface area contributed by atoms with Crippen molar-refractivity contribution in [3.8, 4) is 5.75 Å². The Morgan fingerprint density at radius 2 is 2.17 bits per heavy atom. The van der Waals surface area contributed by atoms with E-state index in [-0.39, 0.29) is 0 Å². The van der Waals surface area contributed by atoms with E-state index in [2.05, 4.69) is 18.8 Å². The highest BCUT2D eigenvalue weighted by atomic mass is 35.5. The van der Waals surface area contributed by atoms with Gasteiger partial charge in [0.1, 0.15) is 10.9 Å². The molecule has 66 valence electrons. The summed E-state index contributed by atoms with van der Waals surface area (Å²) in [5.41, 5.74) is 1.02. The lowest BCUT2D eigenvalue weighted by Crippen LogP contribution is -1.93. The summed E-state index contributed by atoms with van der Waals surface area (Å²) in [5, 5.41) is 0.561. The minimum absolute atomic E-state index is 0.375. The highest BCUT2D eigenvalue weighted by Crippen LogP contribution is 2.25. The third-order valence-corrected chi connectivity index (χ3v) is 2.01. The first-order valence-corrected chi connectivity index (χ1v) is 4.22. The van der Waals surface area contributed by atoms with Crippen LogP contribution in [0.4, 0.5) is 0 Å². The number of pyridine rings is 1. The zero-order chi connectivity index (χ0) is 9.14. The molecule has 0 atom stereocenters. The van der Waals surface area contributed by atoms with Crippen LogP contribution in [-0.2, 0) is 0 Å². The average Bonchev–Trinajstić information content (AvgIpc) is 2.05. The van der Waals surface area contributed by atoms with E-state index in [1.54, 1.807) is 13.3 Å². The molecular formula is C9H12ClNO. The van der Waals surface area contributed by atoms with Crippen molar-refractivity contribution in [2.24, 2.45) is 0 Å². The predicted molar refractivity (Wildman–Crippen MR) is 49.9 cm³/mol. The van der Waals surface area contributed by atoms with E-state index in [0.717, 1.165) is 11.3 Å². The number of ether oxygens (including phenoxy) is 1. The third kappa shape index (κ3) is 1.89. The van der Waals surface area contributed by atoms with E-state index in [4.69, 9.17) is 16.3 Å². The Labute approximate surface area is 77.5 Å². The second-order valence-corrected chi connectivity index (χ2v) is 3.27. The molecule has 1 aromatic heterocycles. The fourth-order valence-electron chi connectivity index (χ4n) is 0.961. The van der Waals surface area contributed by atoms with Crippen LogP contribution in [0.15, 0.2) is 12.3 Å². The maximum atomic E-state index is 5.88. The molecule has 0 bridgehead atoms. The van der Waals surface area contributed by atoms with E-state index in [1.165, 1.54) is 0 Å². The molecule has 2 nitrogen and oxygen atoms in total. The van der Waals surface area contributed by atoms with Gasteiger partial charge in [0.2, 0.25) is 0 Å². The van der Waals surface area contributed by atoms with Gasteiger partial charge < -0.3 is 4.74 Å². The lowest BCUT2D eigenvalue weighted by molar-refractivity contribution is 0.412. The molecule has 0 amide bonds. The molecule has 1 aromatic rings. The molecule has 0 aliphatic rings. The highest BCUT2D eigenvalue weighted by Gasteiger charge is 2.06. The summed E-state index contributed by atoms with van der Waals surface area (Å²) in [7, 11) is 1.62. The first-order valence-electron chi connectivity index (χ1n) is 3.84. The first-order chi connectivity index (χ1) is 5.65. The van der Waals surface area contributed by atoms with Crippen molar-refractivity contribution in [3.63, 3.8) is 0 Å². The van der Waals surface area contributed by atoms with Crippen LogP contribution in [0, 0.1) is 0 Å². The lowest BCUT2D eigenvalue weighted by Gasteiger charge is -2.08. The second-order valence-electron chi connectivity index (χ2n) is 2.91. The number of rotatable bonds is 2. The van der Waals surface area contributed by atoms with Crippen LogP contribution in [0.25, 0.3) is 0 Å². The van der Waals surface area contributed by atoms with Crippen molar-refractivity contribution < 1.29 is 4.74 Å².